The third-order valence-corrected chi connectivity index (χ3v) is 5.37. The van der Waals surface area contributed by atoms with Gasteiger partial charge in [-0.3, -0.25) is 9.59 Å². The van der Waals surface area contributed by atoms with Crippen LogP contribution in [0.15, 0.2) is 53.6 Å². The number of carbonyl (C=O) groups excluding carboxylic acids is 1. The Morgan fingerprint density at radius 2 is 2.14 bits per heavy atom. The molecular formula is C22H18FN3O3. The summed E-state index contributed by atoms with van der Waals surface area (Å²) in [4.78, 5) is 28.2. The lowest BCUT2D eigenvalue weighted by Crippen LogP contribution is -2.35. The number of H-pyrrole nitrogens is 1. The maximum absolute atomic E-state index is 14.3. The fraction of sp³-hybridized carbons (Fsp3) is 0.182. The van der Waals surface area contributed by atoms with E-state index in [-0.39, 0.29) is 30.5 Å². The number of carbonyl (C=O) groups is 1. The van der Waals surface area contributed by atoms with Crippen molar-refractivity contribution in [2.24, 2.45) is 0 Å². The van der Waals surface area contributed by atoms with E-state index in [0.717, 1.165) is 5.52 Å². The number of halogens is 1. The van der Waals surface area contributed by atoms with Gasteiger partial charge in [-0.15, -0.1) is 0 Å². The molecule has 0 radical (unpaired) electrons. The number of rotatable bonds is 2. The Labute approximate surface area is 164 Å². The van der Waals surface area contributed by atoms with Crippen molar-refractivity contribution in [2.75, 3.05) is 6.61 Å². The highest BCUT2D eigenvalue weighted by molar-refractivity contribution is 5.96. The summed E-state index contributed by atoms with van der Waals surface area (Å²) in [6.45, 7) is 2.06. The summed E-state index contributed by atoms with van der Waals surface area (Å²) >= 11 is 0. The number of aromatic nitrogens is 2. The highest BCUT2D eigenvalue weighted by Crippen LogP contribution is 2.31. The topological polar surface area (TPSA) is 75.6 Å². The minimum atomic E-state index is -0.504. The molecule has 5 rings (SSSR count). The second kappa shape index (κ2) is 6.56. The number of fused-ring (bicyclic) bond motifs is 4. The van der Waals surface area contributed by atoms with Crippen molar-refractivity contribution in [3.05, 3.63) is 87.3 Å². The molecule has 4 aromatic rings. The van der Waals surface area contributed by atoms with Crippen molar-refractivity contribution >= 4 is 22.2 Å². The van der Waals surface area contributed by atoms with Gasteiger partial charge in [-0.25, -0.2) is 4.39 Å². The molecule has 1 aromatic carbocycles. The van der Waals surface area contributed by atoms with Gasteiger partial charge in [-0.2, -0.15) is 0 Å². The Balaban J connectivity index is 1.58. The first-order valence-electron chi connectivity index (χ1n) is 9.31. The number of hydrogen-bond acceptors (Lipinski definition) is 3. The number of ether oxygens (including phenoxy) is 1. The van der Waals surface area contributed by atoms with Gasteiger partial charge in [0.2, 0.25) is 0 Å². The van der Waals surface area contributed by atoms with Gasteiger partial charge in [0.1, 0.15) is 5.82 Å². The maximum Gasteiger partial charge on any atom is 0.256 e. The average molecular weight is 391 g/mol. The van der Waals surface area contributed by atoms with E-state index in [9.17, 15) is 14.0 Å². The molecule has 7 heteroatoms. The molecule has 4 heterocycles. The Morgan fingerprint density at radius 3 is 2.97 bits per heavy atom. The van der Waals surface area contributed by atoms with Crippen LogP contribution in [0.5, 0.6) is 0 Å². The second-order valence-electron chi connectivity index (χ2n) is 7.30. The van der Waals surface area contributed by atoms with Crippen LogP contribution in [0.2, 0.25) is 0 Å². The lowest BCUT2D eigenvalue weighted by molar-refractivity contribution is 0.0694. The van der Waals surface area contributed by atoms with Crippen LogP contribution in [-0.2, 0) is 11.3 Å². The van der Waals surface area contributed by atoms with Gasteiger partial charge in [-0.1, -0.05) is 6.07 Å². The smallest absolute Gasteiger partial charge is 0.256 e. The SMILES string of the molecule is Cc1cc2c(=O)[nH]c3c(c2cc1F)C(NC(=O)c1cc2ccccn2c1)COC3. The second-order valence-corrected chi connectivity index (χ2v) is 7.30. The number of aryl methyl sites for hydroxylation is 1. The molecule has 146 valence electrons. The maximum atomic E-state index is 14.3. The van der Waals surface area contributed by atoms with Gasteiger partial charge in [0.15, 0.2) is 0 Å². The summed E-state index contributed by atoms with van der Waals surface area (Å²) in [7, 11) is 0. The van der Waals surface area contributed by atoms with Crippen molar-refractivity contribution < 1.29 is 13.9 Å². The lowest BCUT2D eigenvalue weighted by atomic mass is 9.95. The Kier molecular flexibility index (Phi) is 3.99. The monoisotopic (exact) mass is 391 g/mol. The molecule has 0 saturated heterocycles. The molecule has 1 atom stereocenters. The summed E-state index contributed by atoms with van der Waals surface area (Å²) in [6.07, 6.45) is 3.62. The predicted octanol–water partition coefficient (Wildman–Crippen LogP) is 3.23. The molecule has 3 aromatic heterocycles. The average Bonchev–Trinajstić information content (AvgIpc) is 3.14. The molecule has 0 bridgehead atoms. The van der Waals surface area contributed by atoms with Crippen molar-refractivity contribution in [2.45, 2.75) is 19.6 Å². The fourth-order valence-corrected chi connectivity index (χ4v) is 3.94. The van der Waals surface area contributed by atoms with Gasteiger partial charge in [-0.05, 0) is 48.2 Å². The van der Waals surface area contributed by atoms with Crippen LogP contribution in [0.1, 0.15) is 33.2 Å². The summed E-state index contributed by atoms with van der Waals surface area (Å²) in [5.74, 6) is -0.650. The van der Waals surface area contributed by atoms with Crippen LogP contribution >= 0.6 is 0 Å². The summed E-state index contributed by atoms with van der Waals surface area (Å²) in [5.41, 5.74) is 2.78. The van der Waals surface area contributed by atoms with Crippen LogP contribution in [0.25, 0.3) is 16.3 Å². The lowest BCUT2D eigenvalue weighted by Gasteiger charge is -2.27. The molecule has 0 aliphatic carbocycles. The van der Waals surface area contributed by atoms with Gasteiger partial charge in [0.25, 0.3) is 11.5 Å². The van der Waals surface area contributed by atoms with Crippen molar-refractivity contribution in [1.29, 1.82) is 0 Å². The number of amides is 1. The number of nitrogens with one attached hydrogen (secondary N) is 2. The fourth-order valence-electron chi connectivity index (χ4n) is 3.94. The zero-order valence-corrected chi connectivity index (χ0v) is 15.7. The first kappa shape index (κ1) is 17.6. The predicted molar refractivity (Wildman–Crippen MR) is 107 cm³/mol. The molecule has 0 spiro atoms. The van der Waals surface area contributed by atoms with Gasteiger partial charge < -0.3 is 19.4 Å². The molecule has 0 saturated carbocycles. The summed E-state index contributed by atoms with van der Waals surface area (Å²) in [5, 5.41) is 3.88. The van der Waals surface area contributed by atoms with E-state index in [1.54, 1.807) is 25.3 Å². The van der Waals surface area contributed by atoms with E-state index < -0.39 is 6.04 Å². The third-order valence-electron chi connectivity index (χ3n) is 5.37. The van der Waals surface area contributed by atoms with Crippen LogP contribution < -0.4 is 10.9 Å². The Hall–Kier alpha value is -3.45. The molecule has 2 N–H and O–H groups in total. The number of pyridine rings is 2. The van der Waals surface area contributed by atoms with Gasteiger partial charge >= 0.3 is 0 Å². The minimum absolute atomic E-state index is 0.207. The zero-order chi connectivity index (χ0) is 20.1. The first-order valence-corrected chi connectivity index (χ1v) is 9.31. The third kappa shape index (κ3) is 2.91. The van der Waals surface area contributed by atoms with Crippen LogP contribution in [0.4, 0.5) is 4.39 Å². The highest BCUT2D eigenvalue weighted by atomic mass is 19.1. The van der Waals surface area contributed by atoms with Gasteiger partial charge in [0, 0.05) is 34.6 Å². The number of aromatic amines is 1. The summed E-state index contributed by atoms with van der Waals surface area (Å²) in [6, 6.07) is 9.91. The summed E-state index contributed by atoms with van der Waals surface area (Å²) < 4.78 is 21.7. The van der Waals surface area contributed by atoms with Gasteiger partial charge in [0.05, 0.1) is 24.8 Å². The normalized spacial score (nSPS) is 16.1. The zero-order valence-electron chi connectivity index (χ0n) is 15.7. The van der Waals surface area contributed by atoms with E-state index in [1.165, 1.54) is 6.07 Å². The molecule has 1 amide bonds. The van der Waals surface area contributed by atoms with Crippen molar-refractivity contribution in [3.63, 3.8) is 0 Å². The number of benzene rings is 1. The number of hydrogen-bond donors (Lipinski definition) is 2. The van der Waals surface area contributed by atoms with E-state index in [4.69, 9.17) is 4.74 Å². The van der Waals surface area contributed by atoms with Crippen molar-refractivity contribution in [1.82, 2.24) is 14.7 Å². The molecule has 29 heavy (non-hydrogen) atoms. The van der Waals surface area contributed by atoms with E-state index in [1.807, 2.05) is 28.8 Å². The minimum Gasteiger partial charge on any atom is -0.373 e. The molecule has 1 unspecified atom stereocenters. The first-order chi connectivity index (χ1) is 14.0. The standard InChI is InChI=1S/C22H18FN3O3/c1-12-6-16-15(8-17(12)23)20-18(10-29-11-19(20)25-22(16)28)24-21(27)13-7-14-4-2-3-5-26(14)9-13/h2-9,18H,10-11H2,1H3,(H,24,27)(H,25,28). The number of nitrogens with zero attached hydrogens (tertiary/aromatic N) is 1. The van der Waals surface area contributed by atoms with E-state index in [0.29, 0.717) is 33.2 Å². The van der Waals surface area contributed by atoms with E-state index >= 15 is 0 Å². The Morgan fingerprint density at radius 1 is 1.28 bits per heavy atom. The molecule has 1 aliphatic rings. The molecule has 1 aliphatic heterocycles. The van der Waals surface area contributed by atoms with Crippen LogP contribution in [-0.4, -0.2) is 21.9 Å². The molecular weight excluding hydrogens is 373 g/mol. The van der Waals surface area contributed by atoms with Crippen LogP contribution in [0, 0.1) is 12.7 Å². The van der Waals surface area contributed by atoms with E-state index in [2.05, 4.69) is 10.3 Å². The quantitative estimate of drug-likeness (QED) is 0.551. The molecule has 6 nitrogen and oxygen atoms in total. The van der Waals surface area contributed by atoms with Crippen LogP contribution in [0.3, 0.4) is 0 Å². The largest absolute Gasteiger partial charge is 0.373 e. The highest BCUT2D eigenvalue weighted by Gasteiger charge is 2.27. The Bertz CT molecular complexity index is 1310. The van der Waals surface area contributed by atoms with Crippen molar-refractivity contribution in [3.8, 4) is 0 Å². The molecule has 0 fully saturated rings.